The van der Waals surface area contributed by atoms with Gasteiger partial charge in [-0.2, -0.15) is 0 Å². The van der Waals surface area contributed by atoms with E-state index in [0.717, 1.165) is 18.4 Å². The van der Waals surface area contributed by atoms with Gasteiger partial charge in [0.05, 0.1) is 0 Å². The lowest BCUT2D eigenvalue weighted by molar-refractivity contribution is 0.167. The Balaban J connectivity index is 1.92. The molecule has 0 aromatic carbocycles. The maximum atomic E-state index is 11.6. The zero-order valence-corrected chi connectivity index (χ0v) is 9.12. The van der Waals surface area contributed by atoms with E-state index in [1.165, 1.54) is 25.7 Å². The second-order valence-corrected chi connectivity index (χ2v) is 4.69. The Hall–Kier alpha value is -0.730. The summed E-state index contributed by atoms with van der Waals surface area (Å²) in [5, 5.41) is 2.87. The van der Waals surface area contributed by atoms with Crippen LogP contribution in [0.25, 0.3) is 0 Å². The Bertz CT molecular complexity index is 229. The molecule has 1 N–H and O–H groups in total. The summed E-state index contributed by atoms with van der Waals surface area (Å²) in [6.07, 6.45) is 5.32. The predicted octanol–water partition coefficient (Wildman–Crippen LogP) is 1.84. The lowest BCUT2D eigenvalue weighted by Crippen LogP contribution is -2.45. The maximum absolute atomic E-state index is 11.6. The van der Waals surface area contributed by atoms with Crippen LogP contribution >= 0.6 is 0 Å². The van der Waals surface area contributed by atoms with E-state index in [1.54, 1.807) is 0 Å². The molecule has 0 saturated heterocycles. The second kappa shape index (κ2) is 3.79. The van der Waals surface area contributed by atoms with Gasteiger partial charge in [-0.05, 0) is 38.0 Å². The molecule has 14 heavy (non-hydrogen) atoms. The summed E-state index contributed by atoms with van der Waals surface area (Å²) >= 11 is 0. The molecule has 2 rings (SSSR count). The summed E-state index contributed by atoms with van der Waals surface area (Å²) in [6.45, 7) is 2.69. The zero-order valence-electron chi connectivity index (χ0n) is 9.12. The zero-order chi connectivity index (χ0) is 10.1. The van der Waals surface area contributed by atoms with Crippen LogP contribution in [0.3, 0.4) is 0 Å². The normalized spacial score (nSPS) is 34.6. The standard InChI is InChI=1S/C11H20N2O/c1-3-12-11(14)13(2)10-7-8-4-5-9(10)6-8/h8-10H,3-7H2,1-2H3,(H,12,14). The van der Waals surface area contributed by atoms with Crippen LogP contribution in [0.5, 0.6) is 0 Å². The van der Waals surface area contributed by atoms with Crippen LogP contribution in [0.15, 0.2) is 0 Å². The summed E-state index contributed by atoms with van der Waals surface area (Å²) in [6, 6.07) is 0.616. The summed E-state index contributed by atoms with van der Waals surface area (Å²) in [5.41, 5.74) is 0. The smallest absolute Gasteiger partial charge is 0.317 e. The molecule has 2 amide bonds. The Labute approximate surface area is 85.8 Å². The van der Waals surface area contributed by atoms with Crippen LogP contribution in [-0.2, 0) is 0 Å². The van der Waals surface area contributed by atoms with Crippen molar-refractivity contribution in [1.29, 1.82) is 0 Å². The number of carbonyl (C=O) groups is 1. The predicted molar refractivity (Wildman–Crippen MR) is 56.1 cm³/mol. The topological polar surface area (TPSA) is 32.3 Å². The van der Waals surface area contributed by atoms with Crippen molar-refractivity contribution in [3.05, 3.63) is 0 Å². The fourth-order valence-corrected chi connectivity index (χ4v) is 3.11. The number of hydrogen-bond donors (Lipinski definition) is 1. The van der Waals surface area contributed by atoms with E-state index in [2.05, 4.69) is 5.32 Å². The van der Waals surface area contributed by atoms with Crippen molar-refractivity contribution >= 4 is 6.03 Å². The minimum Gasteiger partial charge on any atom is -0.338 e. The minimum absolute atomic E-state index is 0.102. The van der Waals surface area contributed by atoms with Crippen molar-refractivity contribution in [2.75, 3.05) is 13.6 Å². The molecule has 2 fully saturated rings. The average Bonchev–Trinajstić information content (AvgIpc) is 2.77. The van der Waals surface area contributed by atoms with Gasteiger partial charge in [-0.15, -0.1) is 0 Å². The van der Waals surface area contributed by atoms with Crippen LogP contribution in [0, 0.1) is 11.8 Å². The number of hydrogen-bond acceptors (Lipinski definition) is 1. The molecular formula is C11H20N2O. The Morgan fingerprint density at radius 3 is 2.71 bits per heavy atom. The molecular weight excluding hydrogens is 176 g/mol. The molecule has 0 aromatic heterocycles. The first-order valence-electron chi connectivity index (χ1n) is 5.73. The highest BCUT2D eigenvalue weighted by atomic mass is 16.2. The molecule has 2 aliphatic rings. The molecule has 0 radical (unpaired) electrons. The number of urea groups is 1. The molecule has 0 heterocycles. The highest BCUT2D eigenvalue weighted by Gasteiger charge is 2.42. The van der Waals surface area contributed by atoms with E-state index in [4.69, 9.17) is 0 Å². The van der Waals surface area contributed by atoms with Gasteiger partial charge in [0.15, 0.2) is 0 Å². The first-order chi connectivity index (χ1) is 6.72. The Kier molecular flexibility index (Phi) is 2.66. The van der Waals surface area contributed by atoms with E-state index >= 15 is 0 Å². The summed E-state index contributed by atoms with van der Waals surface area (Å²) in [5.74, 6) is 1.69. The molecule has 3 heteroatoms. The molecule has 80 valence electrons. The van der Waals surface area contributed by atoms with Crippen LogP contribution in [0.1, 0.15) is 32.6 Å². The van der Waals surface area contributed by atoms with Gasteiger partial charge in [0.25, 0.3) is 0 Å². The molecule has 2 aliphatic carbocycles. The van der Waals surface area contributed by atoms with Gasteiger partial charge in [0, 0.05) is 19.6 Å². The van der Waals surface area contributed by atoms with Crippen LogP contribution < -0.4 is 5.32 Å². The first-order valence-corrected chi connectivity index (χ1v) is 5.73. The maximum Gasteiger partial charge on any atom is 0.317 e. The molecule has 0 aliphatic heterocycles. The molecule has 0 aromatic rings. The average molecular weight is 196 g/mol. The van der Waals surface area contributed by atoms with Crippen LogP contribution in [0.4, 0.5) is 4.79 Å². The lowest BCUT2D eigenvalue weighted by Gasteiger charge is -2.31. The first kappa shape index (κ1) is 9.81. The lowest BCUT2D eigenvalue weighted by atomic mass is 9.94. The van der Waals surface area contributed by atoms with Gasteiger partial charge in [-0.3, -0.25) is 0 Å². The van der Waals surface area contributed by atoms with Crippen LogP contribution in [0.2, 0.25) is 0 Å². The monoisotopic (exact) mass is 196 g/mol. The van der Waals surface area contributed by atoms with Crippen molar-refractivity contribution in [3.8, 4) is 0 Å². The van der Waals surface area contributed by atoms with Gasteiger partial charge in [-0.25, -0.2) is 4.79 Å². The summed E-state index contributed by atoms with van der Waals surface area (Å²) in [4.78, 5) is 13.5. The number of amides is 2. The molecule has 3 nitrogen and oxygen atoms in total. The Morgan fingerprint density at radius 1 is 1.43 bits per heavy atom. The van der Waals surface area contributed by atoms with Crippen molar-refractivity contribution < 1.29 is 4.79 Å². The van der Waals surface area contributed by atoms with Gasteiger partial charge in [0.1, 0.15) is 0 Å². The Morgan fingerprint density at radius 2 is 2.21 bits per heavy atom. The highest BCUT2D eigenvalue weighted by molar-refractivity contribution is 5.74. The fraction of sp³-hybridized carbons (Fsp3) is 0.909. The van der Waals surface area contributed by atoms with E-state index in [0.29, 0.717) is 6.04 Å². The van der Waals surface area contributed by atoms with Crippen molar-refractivity contribution in [3.63, 3.8) is 0 Å². The van der Waals surface area contributed by atoms with Gasteiger partial charge < -0.3 is 10.2 Å². The number of nitrogens with zero attached hydrogens (tertiary/aromatic N) is 1. The van der Waals surface area contributed by atoms with Crippen molar-refractivity contribution in [2.45, 2.75) is 38.6 Å². The molecule has 2 saturated carbocycles. The van der Waals surface area contributed by atoms with Gasteiger partial charge in [0.2, 0.25) is 0 Å². The minimum atomic E-state index is 0.102. The summed E-state index contributed by atoms with van der Waals surface area (Å²) < 4.78 is 0. The summed E-state index contributed by atoms with van der Waals surface area (Å²) in [7, 11) is 1.94. The molecule has 2 bridgehead atoms. The van der Waals surface area contributed by atoms with Crippen LogP contribution in [-0.4, -0.2) is 30.6 Å². The van der Waals surface area contributed by atoms with Crippen molar-refractivity contribution in [2.24, 2.45) is 11.8 Å². The van der Waals surface area contributed by atoms with Gasteiger partial charge in [-0.1, -0.05) is 6.42 Å². The number of rotatable bonds is 2. The van der Waals surface area contributed by atoms with Crippen molar-refractivity contribution in [1.82, 2.24) is 10.2 Å². The molecule has 3 atom stereocenters. The van der Waals surface area contributed by atoms with E-state index in [9.17, 15) is 4.79 Å². The second-order valence-electron chi connectivity index (χ2n) is 4.69. The highest BCUT2D eigenvalue weighted by Crippen LogP contribution is 2.46. The SMILES string of the molecule is CCNC(=O)N(C)C1CC2CCC1C2. The molecule has 3 unspecified atom stereocenters. The third-order valence-electron chi connectivity index (χ3n) is 3.85. The quantitative estimate of drug-likeness (QED) is 0.718. The van der Waals surface area contributed by atoms with E-state index < -0.39 is 0 Å². The fourth-order valence-electron chi connectivity index (χ4n) is 3.11. The number of nitrogens with one attached hydrogen (secondary N) is 1. The number of carbonyl (C=O) groups excluding carboxylic acids is 1. The van der Waals surface area contributed by atoms with E-state index in [-0.39, 0.29) is 6.03 Å². The van der Waals surface area contributed by atoms with Gasteiger partial charge >= 0.3 is 6.03 Å². The third kappa shape index (κ3) is 1.60. The van der Waals surface area contributed by atoms with E-state index in [1.807, 2.05) is 18.9 Å². The largest absolute Gasteiger partial charge is 0.338 e. The molecule has 0 spiro atoms. The number of fused-ring (bicyclic) bond motifs is 2. The third-order valence-corrected chi connectivity index (χ3v) is 3.85.